The number of nitrogens with one attached hydrogen (secondary N) is 1. The van der Waals surface area contributed by atoms with E-state index in [0.717, 1.165) is 51.3 Å². The molecule has 4 heterocycles. The van der Waals surface area contributed by atoms with Crippen LogP contribution in [0, 0.1) is 11.8 Å². The maximum atomic E-state index is 11.5. The summed E-state index contributed by atoms with van der Waals surface area (Å²) in [7, 11) is -3.16. The fraction of sp³-hybridized carbons (Fsp3) is 0.684. The van der Waals surface area contributed by atoms with Crippen LogP contribution in [0.4, 0.5) is 0 Å². The van der Waals surface area contributed by atoms with Crippen LogP contribution in [0.5, 0.6) is 5.75 Å². The van der Waals surface area contributed by atoms with E-state index >= 15 is 0 Å². The van der Waals surface area contributed by atoms with Crippen molar-refractivity contribution in [2.45, 2.75) is 37.5 Å². The maximum Gasteiger partial charge on any atom is 0.208 e. The fourth-order valence-corrected chi connectivity index (χ4v) is 6.02. The highest BCUT2D eigenvalue weighted by atomic mass is 32.2. The maximum absolute atomic E-state index is 11.5. The van der Waals surface area contributed by atoms with E-state index in [1.54, 1.807) is 0 Å². The second-order valence-electron chi connectivity index (χ2n) is 8.36. The lowest BCUT2D eigenvalue weighted by Crippen LogP contribution is -2.41. The first-order chi connectivity index (χ1) is 12.4. The first kappa shape index (κ1) is 17.0. The Morgan fingerprint density at radius 3 is 3.12 bits per heavy atom. The second kappa shape index (κ2) is 5.92. The summed E-state index contributed by atoms with van der Waals surface area (Å²) in [5, 5.41) is 0. The number of nitrogens with zero attached hydrogens (tertiary/aromatic N) is 1. The number of sulfonamides is 1. The molecule has 4 aliphatic heterocycles. The third-order valence-electron chi connectivity index (χ3n) is 6.60. The van der Waals surface area contributed by atoms with Crippen molar-refractivity contribution in [1.82, 2.24) is 9.62 Å². The Kier molecular flexibility index (Phi) is 3.87. The van der Waals surface area contributed by atoms with Crippen LogP contribution in [0.15, 0.2) is 18.2 Å². The average Bonchev–Trinajstić information content (AvgIpc) is 3.30. The zero-order valence-corrected chi connectivity index (χ0v) is 15.9. The summed E-state index contributed by atoms with van der Waals surface area (Å²) < 4.78 is 37.7. The normalized spacial score (nSPS) is 35.5. The van der Waals surface area contributed by atoms with Crippen molar-refractivity contribution in [1.29, 1.82) is 0 Å². The van der Waals surface area contributed by atoms with Crippen molar-refractivity contribution >= 4 is 10.0 Å². The van der Waals surface area contributed by atoms with Crippen LogP contribution < -0.4 is 9.46 Å². The molecule has 6 nitrogen and oxygen atoms in total. The molecule has 142 valence electrons. The monoisotopic (exact) mass is 378 g/mol. The molecule has 0 saturated carbocycles. The van der Waals surface area contributed by atoms with E-state index in [-0.39, 0.29) is 17.6 Å². The molecule has 4 aliphatic rings. The number of likely N-dealkylation sites (tertiary alicyclic amines) is 1. The van der Waals surface area contributed by atoms with Crippen LogP contribution in [-0.4, -0.2) is 57.5 Å². The van der Waals surface area contributed by atoms with Crippen molar-refractivity contribution < 1.29 is 17.9 Å². The summed E-state index contributed by atoms with van der Waals surface area (Å²) >= 11 is 0. The highest BCUT2D eigenvalue weighted by Gasteiger charge is 2.62. The predicted molar refractivity (Wildman–Crippen MR) is 97.6 cm³/mol. The van der Waals surface area contributed by atoms with Gasteiger partial charge in [-0.1, -0.05) is 12.1 Å². The Labute approximate surface area is 154 Å². The minimum absolute atomic E-state index is 0.0612. The Bertz CT molecular complexity index is 827. The molecule has 26 heavy (non-hydrogen) atoms. The molecule has 2 bridgehead atoms. The van der Waals surface area contributed by atoms with E-state index in [0.29, 0.717) is 12.5 Å². The molecule has 3 saturated heterocycles. The molecule has 0 amide bonds. The Hall–Kier alpha value is -1.15. The second-order valence-corrected chi connectivity index (χ2v) is 10.2. The van der Waals surface area contributed by atoms with Crippen LogP contribution >= 0.6 is 0 Å². The highest BCUT2D eigenvalue weighted by Crippen LogP contribution is 2.54. The number of ether oxygens (including phenoxy) is 2. The molecule has 5 rings (SSSR count). The summed E-state index contributed by atoms with van der Waals surface area (Å²) in [6.07, 6.45) is 4.60. The van der Waals surface area contributed by atoms with E-state index < -0.39 is 10.0 Å². The van der Waals surface area contributed by atoms with E-state index in [4.69, 9.17) is 9.47 Å². The van der Waals surface area contributed by atoms with Crippen LogP contribution in [0.25, 0.3) is 0 Å². The van der Waals surface area contributed by atoms with Crippen molar-refractivity contribution in [3.8, 4) is 5.75 Å². The molecule has 1 spiro atoms. The third-order valence-corrected chi connectivity index (χ3v) is 7.29. The van der Waals surface area contributed by atoms with Gasteiger partial charge < -0.3 is 9.47 Å². The minimum Gasteiger partial charge on any atom is -0.493 e. The Morgan fingerprint density at radius 2 is 2.27 bits per heavy atom. The Morgan fingerprint density at radius 1 is 1.38 bits per heavy atom. The molecule has 0 aliphatic carbocycles. The Balaban J connectivity index is 1.29. The zero-order valence-electron chi connectivity index (χ0n) is 15.1. The van der Waals surface area contributed by atoms with Gasteiger partial charge in [0.25, 0.3) is 0 Å². The van der Waals surface area contributed by atoms with E-state index in [1.807, 2.05) is 0 Å². The molecular weight excluding hydrogens is 352 g/mol. The number of benzene rings is 1. The summed E-state index contributed by atoms with van der Waals surface area (Å²) in [5.41, 5.74) is 2.58. The lowest BCUT2D eigenvalue weighted by Gasteiger charge is -2.29. The van der Waals surface area contributed by atoms with Crippen LogP contribution in [0.3, 0.4) is 0 Å². The molecule has 3 fully saturated rings. The first-order valence-electron chi connectivity index (χ1n) is 9.51. The van der Waals surface area contributed by atoms with Crippen molar-refractivity contribution in [3.05, 3.63) is 29.3 Å². The molecule has 0 aromatic heterocycles. The fourth-order valence-electron chi connectivity index (χ4n) is 5.52. The molecule has 0 unspecified atom stereocenters. The van der Waals surface area contributed by atoms with Gasteiger partial charge in [0.2, 0.25) is 10.0 Å². The largest absolute Gasteiger partial charge is 0.493 e. The summed E-state index contributed by atoms with van der Waals surface area (Å²) in [5.74, 6) is 1.74. The third kappa shape index (κ3) is 2.85. The predicted octanol–water partition coefficient (Wildman–Crippen LogP) is 1.15. The van der Waals surface area contributed by atoms with Gasteiger partial charge in [0, 0.05) is 44.4 Å². The average molecular weight is 378 g/mol. The number of fused-ring (bicyclic) bond motifs is 2. The first-order valence-corrected chi connectivity index (χ1v) is 11.4. The van der Waals surface area contributed by atoms with E-state index in [9.17, 15) is 8.42 Å². The van der Waals surface area contributed by atoms with Gasteiger partial charge in [0.05, 0.1) is 24.6 Å². The van der Waals surface area contributed by atoms with Crippen LogP contribution in [-0.2, 0) is 27.7 Å². The zero-order chi connectivity index (χ0) is 17.9. The summed E-state index contributed by atoms with van der Waals surface area (Å²) in [6, 6.07) is 6.53. The molecule has 4 atom stereocenters. The van der Waals surface area contributed by atoms with E-state index in [1.165, 1.54) is 17.4 Å². The van der Waals surface area contributed by atoms with Gasteiger partial charge in [-0.25, -0.2) is 13.1 Å². The lowest BCUT2D eigenvalue weighted by molar-refractivity contribution is 0.00220. The molecule has 1 aromatic carbocycles. The molecule has 7 heteroatoms. The van der Waals surface area contributed by atoms with Gasteiger partial charge >= 0.3 is 0 Å². The number of hydrogen-bond donors (Lipinski definition) is 1. The van der Waals surface area contributed by atoms with Gasteiger partial charge in [-0.15, -0.1) is 0 Å². The van der Waals surface area contributed by atoms with Gasteiger partial charge in [0.1, 0.15) is 5.75 Å². The van der Waals surface area contributed by atoms with Crippen LogP contribution in [0.1, 0.15) is 24.0 Å². The summed E-state index contributed by atoms with van der Waals surface area (Å²) in [4.78, 5) is 2.48. The van der Waals surface area contributed by atoms with Gasteiger partial charge in [0.15, 0.2) is 0 Å². The van der Waals surface area contributed by atoms with E-state index in [2.05, 4.69) is 27.8 Å². The number of hydrogen-bond acceptors (Lipinski definition) is 5. The SMILES string of the molecule is CS(=O)(=O)NC[C@H]1[C@H]2CN(Cc3ccc4c(c3)CCO4)C[C@]23CC[C@H]1O3. The van der Waals surface area contributed by atoms with Gasteiger partial charge in [-0.05, 0) is 30.0 Å². The van der Waals surface area contributed by atoms with Gasteiger partial charge in [-0.3, -0.25) is 4.90 Å². The van der Waals surface area contributed by atoms with Crippen molar-refractivity contribution in [2.75, 3.05) is 32.5 Å². The summed E-state index contributed by atoms with van der Waals surface area (Å²) in [6.45, 7) is 4.15. The van der Waals surface area contributed by atoms with Gasteiger partial charge in [-0.2, -0.15) is 0 Å². The van der Waals surface area contributed by atoms with Crippen molar-refractivity contribution in [3.63, 3.8) is 0 Å². The number of rotatable bonds is 5. The topological polar surface area (TPSA) is 67.9 Å². The molecular formula is C19H26N2O4S. The molecule has 0 radical (unpaired) electrons. The highest BCUT2D eigenvalue weighted by molar-refractivity contribution is 7.88. The standard InChI is InChI=1S/C19H26N2O4S/c1-26(22,23)20-9-15-16-11-21(12-19(16)6-4-18(15)25-19)10-13-2-3-17-14(8-13)5-7-24-17/h2-3,8,15-16,18,20H,4-7,9-12H2,1H3/t15-,16+,18+,19+/m0/s1. The minimum atomic E-state index is -3.16. The quantitative estimate of drug-likeness (QED) is 0.833. The molecule has 1 aromatic rings. The smallest absolute Gasteiger partial charge is 0.208 e. The van der Waals surface area contributed by atoms with Crippen LogP contribution in [0.2, 0.25) is 0 Å². The molecule has 1 N–H and O–H groups in total. The lowest BCUT2D eigenvalue weighted by atomic mass is 9.74. The van der Waals surface area contributed by atoms with Crippen molar-refractivity contribution in [2.24, 2.45) is 11.8 Å².